The van der Waals surface area contributed by atoms with Crippen molar-refractivity contribution in [1.82, 2.24) is 10.6 Å². The first-order chi connectivity index (χ1) is 10.5. The minimum absolute atomic E-state index is 0.151. The number of amides is 2. The van der Waals surface area contributed by atoms with E-state index >= 15 is 0 Å². The van der Waals surface area contributed by atoms with Gasteiger partial charge in [0.1, 0.15) is 17.2 Å². The first-order valence-electron chi connectivity index (χ1n) is 6.92. The van der Waals surface area contributed by atoms with Crippen LogP contribution in [-0.2, 0) is 16.1 Å². The van der Waals surface area contributed by atoms with Crippen molar-refractivity contribution in [3.8, 4) is 0 Å². The molecule has 5 heteroatoms. The maximum Gasteiger partial charge on any atom is 0.268 e. The van der Waals surface area contributed by atoms with E-state index in [9.17, 15) is 9.59 Å². The number of hydrogen-bond acceptors (Lipinski definition) is 3. The second-order valence-electron chi connectivity index (χ2n) is 4.86. The van der Waals surface area contributed by atoms with Crippen molar-refractivity contribution < 1.29 is 14.0 Å². The lowest BCUT2D eigenvalue weighted by atomic mass is 10.2. The molecule has 2 aromatic rings. The molecule has 1 heterocycles. The summed E-state index contributed by atoms with van der Waals surface area (Å²) in [5.41, 5.74) is 1.13. The Morgan fingerprint density at radius 3 is 2.45 bits per heavy atom. The molecule has 1 aromatic heterocycles. The first-order valence-corrected chi connectivity index (χ1v) is 6.92. The van der Waals surface area contributed by atoms with E-state index in [1.165, 1.54) is 13.0 Å². The topological polar surface area (TPSA) is 71.3 Å². The van der Waals surface area contributed by atoms with Gasteiger partial charge in [-0.15, -0.1) is 0 Å². The maximum atomic E-state index is 12.2. The average molecular weight is 298 g/mol. The van der Waals surface area contributed by atoms with Crippen molar-refractivity contribution in [2.75, 3.05) is 0 Å². The van der Waals surface area contributed by atoms with Crippen LogP contribution in [0.5, 0.6) is 0 Å². The molecule has 1 aromatic carbocycles. The third kappa shape index (κ3) is 4.63. The van der Waals surface area contributed by atoms with Crippen molar-refractivity contribution in [2.45, 2.75) is 20.4 Å². The fraction of sp³-hybridized carbons (Fsp3) is 0.176. The van der Waals surface area contributed by atoms with Crippen molar-refractivity contribution in [3.05, 3.63) is 65.2 Å². The Balaban J connectivity index is 2.09. The number of rotatable bonds is 5. The van der Waals surface area contributed by atoms with Crippen molar-refractivity contribution in [1.29, 1.82) is 0 Å². The Bertz CT molecular complexity index is 687. The van der Waals surface area contributed by atoms with Crippen molar-refractivity contribution in [2.24, 2.45) is 0 Å². The predicted octanol–water partition coefficient (Wildman–Crippen LogP) is 2.38. The fourth-order valence-electron chi connectivity index (χ4n) is 1.89. The standard InChI is InChI=1S/C17H18N2O3/c1-12-8-9-15(22-12)10-16(19-13(2)20)17(21)18-11-14-6-4-3-5-7-14/h3-10H,11H2,1-2H3,(H,18,21)(H,19,20)/b16-10-. The van der Waals surface area contributed by atoms with Gasteiger partial charge in [-0.05, 0) is 24.6 Å². The van der Waals surface area contributed by atoms with Gasteiger partial charge in [-0.25, -0.2) is 0 Å². The lowest BCUT2D eigenvalue weighted by molar-refractivity contribution is -0.122. The molecule has 22 heavy (non-hydrogen) atoms. The van der Waals surface area contributed by atoms with Gasteiger partial charge in [-0.3, -0.25) is 9.59 Å². The fourth-order valence-corrected chi connectivity index (χ4v) is 1.89. The molecule has 0 spiro atoms. The molecule has 0 aliphatic rings. The van der Waals surface area contributed by atoms with Crippen LogP contribution in [0.3, 0.4) is 0 Å². The predicted molar refractivity (Wildman–Crippen MR) is 83.5 cm³/mol. The smallest absolute Gasteiger partial charge is 0.268 e. The number of hydrogen-bond donors (Lipinski definition) is 2. The average Bonchev–Trinajstić information content (AvgIpc) is 2.90. The summed E-state index contributed by atoms with van der Waals surface area (Å²) in [5.74, 6) is 0.562. The van der Waals surface area contributed by atoms with Gasteiger partial charge in [0.05, 0.1) is 0 Å². The van der Waals surface area contributed by atoms with Gasteiger partial charge in [0.15, 0.2) is 0 Å². The number of furan rings is 1. The van der Waals surface area contributed by atoms with E-state index in [4.69, 9.17) is 4.42 Å². The summed E-state index contributed by atoms with van der Waals surface area (Å²) in [7, 11) is 0. The molecule has 0 saturated heterocycles. The van der Waals surface area contributed by atoms with Gasteiger partial charge in [0, 0.05) is 19.5 Å². The molecule has 0 aliphatic heterocycles. The highest BCUT2D eigenvalue weighted by Crippen LogP contribution is 2.10. The summed E-state index contributed by atoms with van der Waals surface area (Å²) >= 11 is 0. The Labute approximate surface area is 129 Å². The molecular weight excluding hydrogens is 280 g/mol. The molecule has 0 saturated carbocycles. The van der Waals surface area contributed by atoms with E-state index in [1.807, 2.05) is 37.3 Å². The van der Waals surface area contributed by atoms with E-state index in [0.29, 0.717) is 12.3 Å². The van der Waals surface area contributed by atoms with Gasteiger partial charge < -0.3 is 15.1 Å². The highest BCUT2D eigenvalue weighted by Gasteiger charge is 2.12. The Hall–Kier alpha value is -2.82. The molecule has 0 bridgehead atoms. The second-order valence-corrected chi connectivity index (χ2v) is 4.86. The SMILES string of the molecule is CC(=O)N/C(=C\c1ccc(C)o1)C(=O)NCc1ccccc1. The molecule has 114 valence electrons. The summed E-state index contributed by atoms with van der Waals surface area (Å²) in [6, 6.07) is 13.1. The molecule has 0 radical (unpaired) electrons. The number of benzene rings is 1. The zero-order valence-electron chi connectivity index (χ0n) is 12.6. The van der Waals surface area contributed by atoms with Crippen LogP contribution in [0.15, 0.2) is 52.6 Å². The first kappa shape index (κ1) is 15.6. The van der Waals surface area contributed by atoms with Crippen LogP contribution in [-0.4, -0.2) is 11.8 Å². The van der Waals surface area contributed by atoms with Gasteiger partial charge in [0.2, 0.25) is 5.91 Å². The third-order valence-corrected chi connectivity index (χ3v) is 2.90. The minimum atomic E-state index is -0.367. The molecular formula is C17H18N2O3. The lowest BCUT2D eigenvalue weighted by Crippen LogP contribution is -2.33. The van der Waals surface area contributed by atoms with Gasteiger partial charge >= 0.3 is 0 Å². The maximum absolute atomic E-state index is 12.2. The highest BCUT2D eigenvalue weighted by atomic mass is 16.3. The van der Waals surface area contributed by atoms with Crippen LogP contribution in [0, 0.1) is 6.92 Å². The molecule has 0 atom stereocenters. The van der Waals surface area contributed by atoms with Crippen molar-refractivity contribution >= 4 is 17.9 Å². The number of carbonyl (C=O) groups is 2. The third-order valence-electron chi connectivity index (χ3n) is 2.90. The van der Waals surface area contributed by atoms with Crippen LogP contribution >= 0.6 is 0 Å². The van der Waals surface area contributed by atoms with Crippen LogP contribution in [0.1, 0.15) is 24.0 Å². The Morgan fingerprint density at radius 1 is 1.14 bits per heavy atom. The van der Waals surface area contributed by atoms with Crippen LogP contribution in [0.25, 0.3) is 6.08 Å². The van der Waals surface area contributed by atoms with Gasteiger partial charge in [0.25, 0.3) is 5.91 Å². The van der Waals surface area contributed by atoms with Gasteiger partial charge in [-0.1, -0.05) is 30.3 Å². The zero-order valence-corrected chi connectivity index (χ0v) is 12.6. The van der Waals surface area contributed by atoms with E-state index in [1.54, 1.807) is 12.1 Å². The molecule has 0 aliphatic carbocycles. The quantitative estimate of drug-likeness (QED) is 0.833. The summed E-state index contributed by atoms with van der Waals surface area (Å²) in [4.78, 5) is 23.5. The van der Waals surface area contributed by atoms with Crippen LogP contribution in [0.2, 0.25) is 0 Å². The number of carbonyl (C=O) groups excluding carboxylic acids is 2. The lowest BCUT2D eigenvalue weighted by Gasteiger charge is -2.09. The highest BCUT2D eigenvalue weighted by molar-refractivity contribution is 6.00. The monoisotopic (exact) mass is 298 g/mol. The molecule has 0 fully saturated rings. The van der Waals surface area contributed by atoms with E-state index in [2.05, 4.69) is 10.6 Å². The normalized spacial score (nSPS) is 11.1. The largest absolute Gasteiger partial charge is 0.462 e. The second kappa shape index (κ2) is 7.26. The molecule has 2 rings (SSSR count). The Kier molecular flexibility index (Phi) is 5.14. The molecule has 2 N–H and O–H groups in total. The summed E-state index contributed by atoms with van der Waals surface area (Å²) in [5, 5.41) is 5.29. The zero-order chi connectivity index (χ0) is 15.9. The minimum Gasteiger partial charge on any atom is -0.462 e. The molecule has 5 nitrogen and oxygen atoms in total. The number of aryl methyl sites for hydroxylation is 1. The van der Waals surface area contributed by atoms with E-state index < -0.39 is 0 Å². The van der Waals surface area contributed by atoms with E-state index in [0.717, 1.165) is 11.3 Å². The van der Waals surface area contributed by atoms with Gasteiger partial charge in [-0.2, -0.15) is 0 Å². The number of nitrogens with one attached hydrogen (secondary N) is 2. The molecule has 2 amide bonds. The molecule has 0 unspecified atom stereocenters. The van der Waals surface area contributed by atoms with E-state index in [-0.39, 0.29) is 17.5 Å². The summed E-state index contributed by atoms with van der Waals surface area (Å²) in [6.45, 7) is 3.55. The summed E-state index contributed by atoms with van der Waals surface area (Å²) < 4.78 is 5.40. The summed E-state index contributed by atoms with van der Waals surface area (Å²) in [6.07, 6.45) is 1.51. The Morgan fingerprint density at radius 2 is 1.86 bits per heavy atom. The van der Waals surface area contributed by atoms with Crippen LogP contribution < -0.4 is 10.6 Å². The van der Waals surface area contributed by atoms with Crippen LogP contribution in [0.4, 0.5) is 0 Å². The van der Waals surface area contributed by atoms with Crippen molar-refractivity contribution in [3.63, 3.8) is 0 Å².